The number of para-hydroxylation sites is 1. The molecule has 36 heavy (non-hydrogen) atoms. The maximum atomic E-state index is 14.1. The second kappa shape index (κ2) is 12.1. The van der Waals surface area contributed by atoms with Crippen molar-refractivity contribution in [1.82, 2.24) is 25.5 Å². The normalized spacial score (nSPS) is 21.8. The van der Waals surface area contributed by atoms with Gasteiger partial charge in [-0.3, -0.25) is 14.9 Å². The Hall–Kier alpha value is -2.52. The summed E-state index contributed by atoms with van der Waals surface area (Å²) in [7, 11) is 0. The second-order valence-corrected chi connectivity index (χ2v) is 10.4. The number of nitrogens with zero attached hydrogens (tertiary/aromatic N) is 2. The number of benzene rings is 1. The molecule has 198 valence electrons. The van der Waals surface area contributed by atoms with Crippen molar-refractivity contribution in [1.29, 1.82) is 0 Å². The van der Waals surface area contributed by atoms with Gasteiger partial charge >= 0.3 is 0 Å². The minimum Gasteiger partial charge on any atom is -0.378 e. The van der Waals surface area contributed by atoms with Gasteiger partial charge in [0.05, 0.1) is 24.0 Å². The molecule has 1 aromatic carbocycles. The van der Waals surface area contributed by atoms with Crippen LogP contribution in [0.4, 0.5) is 4.39 Å². The number of fused-ring (bicyclic) bond motifs is 1. The molecular formula is C27H40FN5O3. The van der Waals surface area contributed by atoms with Gasteiger partial charge in [-0.2, -0.15) is 0 Å². The molecule has 4 rings (SSSR count). The van der Waals surface area contributed by atoms with Crippen LogP contribution in [-0.4, -0.2) is 56.6 Å². The molecule has 1 saturated heterocycles. The minimum atomic E-state index is -0.877. The fourth-order valence-corrected chi connectivity index (χ4v) is 5.67. The summed E-state index contributed by atoms with van der Waals surface area (Å²) in [5, 5.41) is 16.9. The summed E-state index contributed by atoms with van der Waals surface area (Å²) in [5.74, 6) is -0.372. The number of hydrogen-bond acceptors (Lipinski definition) is 5. The van der Waals surface area contributed by atoms with Crippen LogP contribution in [0, 0.1) is 11.7 Å². The summed E-state index contributed by atoms with van der Waals surface area (Å²) < 4.78 is 14.1. The number of aliphatic hydroxyl groups is 1. The highest BCUT2D eigenvalue weighted by Crippen LogP contribution is 2.27. The van der Waals surface area contributed by atoms with Crippen LogP contribution in [0.3, 0.4) is 0 Å². The van der Waals surface area contributed by atoms with Gasteiger partial charge in [-0.15, -0.1) is 0 Å². The second-order valence-electron chi connectivity index (χ2n) is 10.4. The first-order valence-corrected chi connectivity index (χ1v) is 13.6. The first-order chi connectivity index (χ1) is 17.4. The molecule has 2 aromatic rings. The lowest BCUT2D eigenvalue weighted by molar-refractivity contribution is -0.139. The molecule has 2 heterocycles. The first kappa shape index (κ1) is 26.5. The summed E-state index contributed by atoms with van der Waals surface area (Å²) in [6, 6.07) is 3.47. The van der Waals surface area contributed by atoms with Crippen molar-refractivity contribution in [2.24, 2.45) is 5.92 Å². The topological polar surface area (TPSA) is 110 Å². The Bertz CT molecular complexity index is 1040. The summed E-state index contributed by atoms with van der Waals surface area (Å²) in [5.41, 5.74) is 0.779. The lowest BCUT2D eigenvalue weighted by Gasteiger charge is -2.37. The van der Waals surface area contributed by atoms with Crippen molar-refractivity contribution in [3.63, 3.8) is 0 Å². The summed E-state index contributed by atoms with van der Waals surface area (Å²) in [6.45, 7) is 4.56. The maximum Gasteiger partial charge on any atom is 0.238 e. The number of hydrogen-bond donors (Lipinski definition) is 4. The van der Waals surface area contributed by atoms with Gasteiger partial charge in [0.25, 0.3) is 0 Å². The number of imidazole rings is 1. The number of amides is 2. The monoisotopic (exact) mass is 501 g/mol. The number of piperidine rings is 1. The van der Waals surface area contributed by atoms with E-state index in [1.54, 1.807) is 19.1 Å². The molecule has 1 unspecified atom stereocenters. The fraction of sp³-hybridized carbons (Fsp3) is 0.667. The largest absolute Gasteiger partial charge is 0.378 e. The predicted molar refractivity (Wildman–Crippen MR) is 136 cm³/mol. The smallest absolute Gasteiger partial charge is 0.238 e. The Morgan fingerprint density at radius 2 is 1.94 bits per heavy atom. The van der Waals surface area contributed by atoms with E-state index in [1.807, 2.05) is 4.90 Å². The Balaban J connectivity index is 1.48. The number of carbonyl (C=O) groups excluding carboxylic acids is 2. The number of nitrogens with one attached hydrogen (secondary N) is 3. The molecule has 1 aliphatic carbocycles. The third-order valence-corrected chi connectivity index (χ3v) is 7.83. The Morgan fingerprint density at radius 1 is 1.19 bits per heavy atom. The Morgan fingerprint density at radius 3 is 2.67 bits per heavy atom. The first-order valence-electron chi connectivity index (χ1n) is 13.6. The zero-order valence-electron chi connectivity index (χ0n) is 21.4. The van der Waals surface area contributed by atoms with Gasteiger partial charge in [0.15, 0.2) is 5.82 Å². The van der Waals surface area contributed by atoms with Gasteiger partial charge in [-0.25, -0.2) is 9.37 Å². The van der Waals surface area contributed by atoms with Crippen molar-refractivity contribution >= 4 is 22.8 Å². The minimum absolute atomic E-state index is 0.0202. The third kappa shape index (κ3) is 6.24. The van der Waals surface area contributed by atoms with Crippen LogP contribution in [0.15, 0.2) is 18.2 Å². The lowest BCUT2D eigenvalue weighted by Crippen LogP contribution is -2.54. The van der Waals surface area contributed by atoms with E-state index in [0.29, 0.717) is 17.9 Å². The van der Waals surface area contributed by atoms with E-state index in [4.69, 9.17) is 0 Å². The molecule has 0 spiro atoms. The van der Waals surface area contributed by atoms with Gasteiger partial charge in [0.1, 0.15) is 17.6 Å². The Kier molecular flexibility index (Phi) is 8.95. The van der Waals surface area contributed by atoms with Gasteiger partial charge < -0.3 is 20.3 Å². The van der Waals surface area contributed by atoms with Gasteiger partial charge in [0.2, 0.25) is 11.8 Å². The zero-order chi connectivity index (χ0) is 25.7. The predicted octanol–water partition coefficient (Wildman–Crippen LogP) is 3.92. The van der Waals surface area contributed by atoms with E-state index >= 15 is 0 Å². The molecule has 4 atom stereocenters. The van der Waals surface area contributed by atoms with Crippen LogP contribution < -0.4 is 10.6 Å². The number of halogens is 1. The number of rotatable bonds is 9. The SMILES string of the molecule is CC[C@H]1CCCCN1C(=O)C[C@H](NC(O)C1CCCCC1)C(=O)N[C@@H](C)c1nc2c(F)cccc2[nH]1. The zero-order valence-corrected chi connectivity index (χ0v) is 21.4. The van der Waals surface area contributed by atoms with Crippen LogP contribution in [0.2, 0.25) is 0 Å². The molecule has 1 saturated carbocycles. The van der Waals surface area contributed by atoms with Crippen LogP contribution in [-0.2, 0) is 9.59 Å². The standard InChI is InChI=1S/C27H40FN5O3/c1-3-19-12-7-8-15-33(19)23(34)16-22(31-26(35)18-10-5-4-6-11-18)27(36)29-17(2)25-30-21-14-9-13-20(28)24(21)32-25/h9,13-14,17-19,22,26,31,35H,3-8,10-12,15-16H2,1-2H3,(H,29,36)(H,30,32)/t17-,19-,22-,26?/m0/s1. The highest BCUT2D eigenvalue weighted by atomic mass is 19.1. The molecule has 2 amide bonds. The number of likely N-dealkylation sites (tertiary alicyclic amines) is 1. The maximum absolute atomic E-state index is 14.1. The van der Waals surface area contributed by atoms with Crippen LogP contribution in [0.25, 0.3) is 11.0 Å². The van der Waals surface area contributed by atoms with E-state index in [0.717, 1.165) is 57.8 Å². The molecule has 1 aromatic heterocycles. The molecule has 0 radical (unpaired) electrons. The van der Waals surface area contributed by atoms with Gasteiger partial charge in [-0.05, 0) is 63.5 Å². The molecule has 2 aliphatic rings. The van der Waals surface area contributed by atoms with Crippen molar-refractivity contribution in [3.8, 4) is 0 Å². The van der Waals surface area contributed by atoms with E-state index in [2.05, 4.69) is 27.5 Å². The van der Waals surface area contributed by atoms with E-state index in [-0.39, 0.29) is 35.7 Å². The summed E-state index contributed by atoms with van der Waals surface area (Å²) in [4.78, 5) is 36.0. The van der Waals surface area contributed by atoms with E-state index in [1.165, 1.54) is 6.07 Å². The van der Waals surface area contributed by atoms with Gasteiger partial charge in [0, 0.05) is 12.6 Å². The summed E-state index contributed by atoms with van der Waals surface area (Å²) >= 11 is 0. The van der Waals surface area contributed by atoms with Gasteiger partial charge in [-0.1, -0.05) is 32.3 Å². The lowest BCUT2D eigenvalue weighted by atomic mass is 9.87. The molecule has 0 bridgehead atoms. The highest BCUT2D eigenvalue weighted by molar-refractivity contribution is 5.89. The number of aromatic amines is 1. The van der Waals surface area contributed by atoms with E-state index in [9.17, 15) is 19.1 Å². The molecule has 1 aliphatic heterocycles. The Labute approximate surface area is 212 Å². The van der Waals surface area contributed by atoms with Crippen LogP contribution >= 0.6 is 0 Å². The third-order valence-electron chi connectivity index (χ3n) is 7.83. The summed E-state index contributed by atoms with van der Waals surface area (Å²) in [6.07, 6.45) is 8.17. The average Bonchev–Trinajstić information content (AvgIpc) is 3.34. The van der Waals surface area contributed by atoms with Crippen molar-refractivity contribution in [2.75, 3.05) is 6.54 Å². The van der Waals surface area contributed by atoms with Crippen molar-refractivity contribution < 1.29 is 19.1 Å². The molecule has 9 heteroatoms. The molecule has 8 nitrogen and oxygen atoms in total. The quantitative estimate of drug-likeness (QED) is 0.390. The number of carbonyl (C=O) groups is 2. The van der Waals surface area contributed by atoms with Crippen LogP contribution in [0.1, 0.15) is 89.9 Å². The van der Waals surface area contributed by atoms with Crippen molar-refractivity contribution in [3.05, 3.63) is 29.8 Å². The molecular weight excluding hydrogens is 461 g/mol. The fourth-order valence-electron chi connectivity index (χ4n) is 5.67. The molecule has 4 N–H and O–H groups in total. The number of aromatic nitrogens is 2. The molecule has 2 fully saturated rings. The van der Waals surface area contributed by atoms with Crippen LogP contribution in [0.5, 0.6) is 0 Å². The van der Waals surface area contributed by atoms with E-state index < -0.39 is 24.1 Å². The highest BCUT2D eigenvalue weighted by Gasteiger charge is 2.33. The van der Waals surface area contributed by atoms with Crippen molar-refractivity contribution in [2.45, 2.75) is 102 Å². The average molecular weight is 502 g/mol. The number of H-pyrrole nitrogens is 1. The number of aliphatic hydroxyl groups excluding tert-OH is 1.